The van der Waals surface area contributed by atoms with Gasteiger partial charge in [0, 0.05) is 12.2 Å². The number of carbonyl (C=O) groups excluding carboxylic acids is 3. The summed E-state index contributed by atoms with van der Waals surface area (Å²) in [6.45, 7) is 2.52. The topological polar surface area (TPSA) is 202 Å². The van der Waals surface area contributed by atoms with Gasteiger partial charge in [0.1, 0.15) is 18.6 Å². The van der Waals surface area contributed by atoms with Gasteiger partial charge in [-0.3, -0.25) is 24.0 Å². The fourth-order valence-electron chi connectivity index (χ4n) is 1.16. The second kappa shape index (κ2) is 24.8. The molecule has 0 fully saturated rings. The predicted molar refractivity (Wildman–Crippen MR) is 96.4 cm³/mol. The standard InChI is InChI=1S/C10H17N3O6S.C3H5NO.Al.3ClH/c11-5(10(18)19)1-2-7(14)13-6(4-20)9(17)12-3-8(15)16;1-2-3(4)5;;;;/h5-6,20H,1-4,11H2,(H,12,17)(H,13,14)(H,15,16)(H,18,19);2H,1H2,(H2,4,5);;3*1H/q;;+3;;;/p-3. The van der Waals surface area contributed by atoms with Crippen LogP contribution in [0.1, 0.15) is 12.8 Å². The number of nitrogens with one attached hydrogen (secondary N) is 2. The van der Waals surface area contributed by atoms with E-state index in [-0.39, 0.29) is 73.2 Å². The van der Waals surface area contributed by atoms with Crippen LogP contribution in [0, 0.1) is 0 Å². The molecule has 0 saturated carbocycles. The van der Waals surface area contributed by atoms with Crippen molar-refractivity contribution in [1.29, 1.82) is 0 Å². The van der Waals surface area contributed by atoms with Crippen LogP contribution in [0.15, 0.2) is 12.7 Å². The van der Waals surface area contributed by atoms with E-state index in [1.807, 2.05) is 0 Å². The molecular formula is C13H22AlCl3N4O7S. The van der Waals surface area contributed by atoms with E-state index in [9.17, 15) is 24.0 Å². The Morgan fingerprint density at radius 3 is 1.86 bits per heavy atom. The minimum absolute atomic E-state index is 0. The summed E-state index contributed by atoms with van der Waals surface area (Å²) >= 11 is 3.87. The van der Waals surface area contributed by atoms with Gasteiger partial charge in [0.25, 0.3) is 0 Å². The Hall–Kier alpha value is -1.20. The van der Waals surface area contributed by atoms with E-state index in [0.717, 1.165) is 6.08 Å². The van der Waals surface area contributed by atoms with Gasteiger partial charge in [0.2, 0.25) is 17.7 Å². The van der Waals surface area contributed by atoms with Crippen molar-refractivity contribution in [3.63, 3.8) is 0 Å². The van der Waals surface area contributed by atoms with Crippen LogP contribution in [0.5, 0.6) is 0 Å². The second-order valence-corrected chi connectivity index (χ2v) is 4.87. The maximum absolute atomic E-state index is 11.5. The Bertz CT molecular complexity index is 533. The SMILES string of the molecule is C=CC(N)=O.NC(CCC(=O)NC(CS)C(=O)NCC(=O)O)C(=O)O.[Al+3].[Cl-].[Cl-].[Cl-]. The number of carbonyl (C=O) groups is 5. The molecule has 0 radical (unpaired) electrons. The number of hydrogen-bond donors (Lipinski definition) is 7. The molecule has 2 atom stereocenters. The van der Waals surface area contributed by atoms with Crippen molar-refractivity contribution in [1.82, 2.24) is 10.6 Å². The molecule has 0 aromatic carbocycles. The van der Waals surface area contributed by atoms with Crippen LogP contribution in [-0.4, -0.2) is 81.6 Å². The van der Waals surface area contributed by atoms with Crippen molar-refractivity contribution in [3.05, 3.63) is 12.7 Å². The first-order chi connectivity index (χ1) is 11.5. The minimum atomic E-state index is -1.22. The Morgan fingerprint density at radius 2 is 1.55 bits per heavy atom. The number of halogens is 3. The van der Waals surface area contributed by atoms with Crippen LogP contribution >= 0.6 is 12.6 Å². The van der Waals surface area contributed by atoms with E-state index >= 15 is 0 Å². The van der Waals surface area contributed by atoms with E-state index in [2.05, 4.69) is 35.6 Å². The number of nitrogens with two attached hydrogens (primary N) is 2. The summed E-state index contributed by atoms with van der Waals surface area (Å²) in [6, 6.07) is -2.15. The molecule has 3 amide bonds. The minimum Gasteiger partial charge on any atom is -1.00 e. The molecule has 0 bridgehead atoms. The van der Waals surface area contributed by atoms with Crippen LogP contribution in [0.25, 0.3) is 0 Å². The third-order valence-electron chi connectivity index (χ3n) is 2.45. The predicted octanol–water partition coefficient (Wildman–Crippen LogP) is -11.9. The first kappa shape index (κ1) is 42.0. The van der Waals surface area contributed by atoms with Crippen molar-refractivity contribution in [2.24, 2.45) is 11.5 Å². The van der Waals surface area contributed by atoms with Gasteiger partial charge in [-0.15, -0.1) is 0 Å². The van der Waals surface area contributed by atoms with E-state index in [4.69, 9.17) is 15.9 Å². The van der Waals surface area contributed by atoms with Crippen molar-refractivity contribution in [2.75, 3.05) is 12.3 Å². The molecule has 0 aliphatic rings. The number of amides is 3. The van der Waals surface area contributed by atoms with Gasteiger partial charge in [-0.2, -0.15) is 12.6 Å². The zero-order chi connectivity index (χ0) is 20.0. The van der Waals surface area contributed by atoms with Crippen molar-refractivity contribution in [3.8, 4) is 0 Å². The molecule has 0 aromatic rings. The smallest absolute Gasteiger partial charge is 1.00 e. The number of hydrogen-bond acceptors (Lipinski definition) is 7. The van der Waals surface area contributed by atoms with E-state index in [1.54, 1.807) is 0 Å². The normalized spacial score (nSPS) is 10.1. The quantitative estimate of drug-likeness (QED) is 0.0850. The van der Waals surface area contributed by atoms with Gasteiger partial charge in [-0.05, 0) is 12.5 Å². The molecule has 166 valence electrons. The molecule has 0 aromatic heterocycles. The number of thiol groups is 1. The Balaban J connectivity index is -0.000000131. The molecule has 11 nitrogen and oxygen atoms in total. The second-order valence-electron chi connectivity index (χ2n) is 4.50. The van der Waals surface area contributed by atoms with E-state index in [1.165, 1.54) is 0 Å². The van der Waals surface area contributed by atoms with E-state index < -0.39 is 48.3 Å². The average molecular weight is 512 g/mol. The molecule has 0 aliphatic carbocycles. The van der Waals surface area contributed by atoms with Gasteiger partial charge in [-0.1, -0.05) is 6.58 Å². The monoisotopic (exact) mass is 510 g/mol. The van der Waals surface area contributed by atoms with Gasteiger partial charge in [-0.25, -0.2) is 0 Å². The van der Waals surface area contributed by atoms with Crippen LogP contribution in [0.4, 0.5) is 0 Å². The van der Waals surface area contributed by atoms with Crippen LogP contribution in [0.2, 0.25) is 0 Å². The van der Waals surface area contributed by atoms with Gasteiger partial charge >= 0.3 is 29.3 Å². The van der Waals surface area contributed by atoms with Crippen LogP contribution in [-0.2, 0) is 24.0 Å². The number of rotatable bonds is 10. The first-order valence-corrected chi connectivity index (χ1v) is 7.48. The molecule has 0 spiro atoms. The zero-order valence-electron chi connectivity index (χ0n) is 15.0. The maximum atomic E-state index is 11.5. The summed E-state index contributed by atoms with van der Waals surface area (Å²) in [5.74, 6) is -4.19. The average Bonchev–Trinajstić information content (AvgIpc) is 2.55. The van der Waals surface area contributed by atoms with Crippen LogP contribution < -0.4 is 59.3 Å². The molecule has 0 saturated heterocycles. The molecule has 8 N–H and O–H groups in total. The third-order valence-corrected chi connectivity index (χ3v) is 2.81. The number of primary amides is 1. The molecule has 0 heterocycles. The van der Waals surface area contributed by atoms with E-state index in [0.29, 0.717) is 0 Å². The van der Waals surface area contributed by atoms with Gasteiger partial charge in [0.05, 0.1) is 0 Å². The van der Waals surface area contributed by atoms with Crippen molar-refractivity contribution in [2.45, 2.75) is 24.9 Å². The number of carboxylic acids is 2. The summed E-state index contributed by atoms with van der Waals surface area (Å²) in [6.07, 6.45) is 0.821. The fourth-order valence-corrected chi connectivity index (χ4v) is 1.41. The summed E-state index contributed by atoms with van der Waals surface area (Å²) in [4.78, 5) is 53.2. The fraction of sp³-hybridized carbons (Fsp3) is 0.462. The van der Waals surface area contributed by atoms with Crippen molar-refractivity contribution >= 4 is 59.7 Å². The Morgan fingerprint density at radius 1 is 1.10 bits per heavy atom. The molecule has 0 rings (SSSR count). The third kappa shape index (κ3) is 26.8. The summed E-state index contributed by atoms with van der Waals surface area (Å²) in [5, 5.41) is 21.4. The molecule has 2 unspecified atom stereocenters. The number of aliphatic carboxylic acids is 2. The first-order valence-electron chi connectivity index (χ1n) is 6.85. The summed E-state index contributed by atoms with van der Waals surface area (Å²) in [7, 11) is 0. The zero-order valence-corrected chi connectivity index (χ0v) is 19.3. The molecule has 29 heavy (non-hydrogen) atoms. The van der Waals surface area contributed by atoms with Gasteiger partial charge in [0.15, 0.2) is 0 Å². The Labute approximate surface area is 202 Å². The Kier molecular flexibility index (Phi) is 36.0. The van der Waals surface area contributed by atoms with Crippen molar-refractivity contribution < 1.29 is 71.4 Å². The van der Waals surface area contributed by atoms with Crippen LogP contribution in [0.3, 0.4) is 0 Å². The molecular weight excluding hydrogens is 490 g/mol. The van der Waals surface area contributed by atoms with Gasteiger partial charge < -0.3 is 69.5 Å². The largest absolute Gasteiger partial charge is 3.00 e. The molecule has 0 aliphatic heterocycles. The summed E-state index contributed by atoms with van der Waals surface area (Å²) in [5.41, 5.74) is 9.76. The maximum Gasteiger partial charge on any atom is 3.00 e. The summed E-state index contributed by atoms with van der Waals surface area (Å²) < 4.78 is 0. The molecule has 16 heteroatoms. The number of carboxylic acid groups (broad SMARTS) is 2.